The van der Waals surface area contributed by atoms with Gasteiger partial charge in [0.1, 0.15) is 23.0 Å². The third-order valence-corrected chi connectivity index (χ3v) is 4.15. The highest BCUT2D eigenvalue weighted by molar-refractivity contribution is 6.02. The maximum atomic E-state index is 13.3. The highest BCUT2D eigenvalue weighted by Crippen LogP contribution is 2.26. The largest absolute Gasteiger partial charge is 0.453 e. The Balaban J connectivity index is 1.85. The van der Waals surface area contributed by atoms with Gasteiger partial charge in [-0.2, -0.15) is 0 Å². The van der Waals surface area contributed by atoms with Gasteiger partial charge in [0.05, 0.1) is 0 Å². The van der Waals surface area contributed by atoms with Gasteiger partial charge in [0, 0.05) is 11.9 Å². The van der Waals surface area contributed by atoms with Gasteiger partial charge in [-0.15, -0.1) is 0 Å². The predicted octanol–water partition coefficient (Wildman–Crippen LogP) is 4.54. The van der Waals surface area contributed by atoms with Gasteiger partial charge in [-0.1, -0.05) is 0 Å². The number of furan rings is 1. The molecule has 0 bridgehead atoms. The molecule has 1 saturated heterocycles. The zero-order valence-corrected chi connectivity index (χ0v) is 14.7. The van der Waals surface area contributed by atoms with Crippen LogP contribution >= 0.6 is 0 Å². The van der Waals surface area contributed by atoms with Gasteiger partial charge in [0.25, 0.3) is 0 Å². The first kappa shape index (κ1) is 17.5. The summed E-state index contributed by atoms with van der Waals surface area (Å²) in [5, 5.41) is 0.531. The summed E-state index contributed by atoms with van der Waals surface area (Å²) in [5.41, 5.74) is -0.177. The normalized spacial score (nSPS) is 18.4. The molecule has 2 aromatic rings. The van der Waals surface area contributed by atoms with Gasteiger partial charge in [-0.25, -0.2) is 9.18 Å². The van der Waals surface area contributed by atoms with Gasteiger partial charge in [0.15, 0.2) is 5.76 Å². The number of benzene rings is 1. The fourth-order valence-corrected chi connectivity index (χ4v) is 3.04. The van der Waals surface area contributed by atoms with Crippen molar-refractivity contribution in [1.29, 1.82) is 0 Å². The summed E-state index contributed by atoms with van der Waals surface area (Å²) < 4.78 is 24.3. The highest BCUT2D eigenvalue weighted by atomic mass is 19.1. The number of halogens is 1. The molecule has 3 rings (SSSR count). The maximum Gasteiger partial charge on any atom is 0.410 e. The molecule has 134 valence electrons. The zero-order valence-electron chi connectivity index (χ0n) is 14.7. The van der Waals surface area contributed by atoms with Gasteiger partial charge in [0.2, 0.25) is 5.78 Å². The van der Waals surface area contributed by atoms with Crippen LogP contribution in [0.5, 0.6) is 0 Å². The van der Waals surface area contributed by atoms with E-state index in [2.05, 4.69) is 0 Å². The number of carbonyl (C=O) groups excluding carboxylic acids is 2. The summed E-state index contributed by atoms with van der Waals surface area (Å²) in [6.45, 7) is 5.85. The maximum absolute atomic E-state index is 13.3. The summed E-state index contributed by atoms with van der Waals surface area (Å²) in [4.78, 5) is 26.8. The first-order valence-corrected chi connectivity index (χ1v) is 8.47. The van der Waals surface area contributed by atoms with E-state index in [0.29, 0.717) is 23.9 Å². The van der Waals surface area contributed by atoms with E-state index in [9.17, 15) is 14.0 Å². The number of Topliss-reactive ketones (excluding diaryl/α,β-unsaturated/α-hetero) is 1. The lowest BCUT2D eigenvalue weighted by atomic mass is 9.97. The van der Waals surface area contributed by atoms with E-state index < -0.39 is 17.7 Å². The topological polar surface area (TPSA) is 59.8 Å². The van der Waals surface area contributed by atoms with Crippen molar-refractivity contribution < 1.29 is 23.1 Å². The Labute approximate surface area is 145 Å². The van der Waals surface area contributed by atoms with Crippen LogP contribution in [0, 0.1) is 5.82 Å². The van der Waals surface area contributed by atoms with Crippen molar-refractivity contribution in [1.82, 2.24) is 4.90 Å². The number of fused-ring (bicyclic) bond motifs is 1. The fraction of sp³-hybridized carbons (Fsp3) is 0.474. The van der Waals surface area contributed by atoms with E-state index in [1.807, 2.05) is 0 Å². The molecule has 6 heteroatoms. The Morgan fingerprint density at radius 3 is 2.72 bits per heavy atom. The first-order valence-electron chi connectivity index (χ1n) is 8.47. The van der Waals surface area contributed by atoms with Crippen LogP contribution in [0.1, 0.15) is 50.6 Å². The highest BCUT2D eigenvalue weighted by Gasteiger charge is 2.36. The van der Waals surface area contributed by atoms with Crippen molar-refractivity contribution in [2.75, 3.05) is 6.54 Å². The molecule has 1 atom stereocenters. The van der Waals surface area contributed by atoms with Crippen molar-refractivity contribution in [3.05, 3.63) is 35.8 Å². The lowest BCUT2D eigenvalue weighted by Crippen LogP contribution is -2.49. The van der Waals surface area contributed by atoms with Crippen LogP contribution in [0.4, 0.5) is 9.18 Å². The smallest absolute Gasteiger partial charge is 0.410 e. The predicted molar refractivity (Wildman–Crippen MR) is 91.1 cm³/mol. The van der Waals surface area contributed by atoms with E-state index in [1.165, 1.54) is 29.2 Å². The second kappa shape index (κ2) is 6.50. The van der Waals surface area contributed by atoms with Crippen LogP contribution in [0.3, 0.4) is 0 Å². The molecule has 0 saturated carbocycles. The Morgan fingerprint density at radius 2 is 2.00 bits per heavy atom. The number of rotatable bonds is 2. The third-order valence-electron chi connectivity index (χ3n) is 4.15. The molecule has 0 N–H and O–H groups in total. The number of ether oxygens (including phenoxy) is 1. The Bertz CT molecular complexity index is 805. The molecule has 5 nitrogen and oxygen atoms in total. The SMILES string of the molecule is CC(C)(C)OC(=O)N1CCCCC1C(=O)c1cc2cc(F)ccc2o1. The Morgan fingerprint density at radius 1 is 1.24 bits per heavy atom. The fourth-order valence-electron chi connectivity index (χ4n) is 3.04. The molecule has 25 heavy (non-hydrogen) atoms. The van der Waals surface area contributed by atoms with E-state index in [4.69, 9.17) is 9.15 Å². The molecular weight excluding hydrogens is 325 g/mol. The monoisotopic (exact) mass is 347 g/mol. The van der Waals surface area contributed by atoms with Crippen molar-refractivity contribution in [3.8, 4) is 0 Å². The van der Waals surface area contributed by atoms with Crippen molar-refractivity contribution >= 4 is 22.8 Å². The van der Waals surface area contributed by atoms with Crippen molar-refractivity contribution in [2.45, 2.75) is 51.7 Å². The molecule has 1 amide bonds. The minimum Gasteiger partial charge on any atom is -0.453 e. The number of ketones is 1. The molecule has 1 aliphatic heterocycles. The number of carbonyl (C=O) groups is 2. The van der Waals surface area contributed by atoms with Gasteiger partial charge in [-0.3, -0.25) is 9.69 Å². The van der Waals surface area contributed by atoms with Crippen LogP contribution in [-0.2, 0) is 4.74 Å². The van der Waals surface area contributed by atoms with E-state index in [0.717, 1.165) is 12.8 Å². The van der Waals surface area contributed by atoms with Crippen molar-refractivity contribution in [2.24, 2.45) is 0 Å². The quantitative estimate of drug-likeness (QED) is 0.748. The molecule has 0 spiro atoms. The lowest BCUT2D eigenvalue weighted by molar-refractivity contribution is 0.0101. The van der Waals surface area contributed by atoms with Crippen LogP contribution < -0.4 is 0 Å². The summed E-state index contributed by atoms with van der Waals surface area (Å²) in [6, 6.07) is 5.01. The average Bonchev–Trinajstić information content (AvgIpc) is 2.95. The molecule has 1 fully saturated rings. The van der Waals surface area contributed by atoms with Gasteiger partial charge in [-0.05, 0) is 64.3 Å². The number of hydrogen-bond donors (Lipinski definition) is 0. The minimum absolute atomic E-state index is 0.140. The molecule has 1 aromatic heterocycles. The molecule has 1 unspecified atom stereocenters. The molecule has 1 aromatic carbocycles. The summed E-state index contributed by atoms with van der Waals surface area (Å²) >= 11 is 0. The van der Waals surface area contributed by atoms with Gasteiger partial charge >= 0.3 is 6.09 Å². The first-order chi connectivity index (χ1) is 11.7. The lowest BCUT2D eigenvalue weighted by Gasteiger charge is -2.35. The summed E-state index contributed by atoms with van der Waals surface area (Å²) in [7, 11) is 0. The average molecular weight is 347 g/mol. The number of amides is 1. The van der Waals surface area contributed by atoms with Crippen LogP contribution in [-0.4, -0.2) is 35.0 Å². The minimum atomic E-state index is -0.626. The Hall–Kier alpha value is -2.37. The Kier molecular flexibility index (Phi) is 4.54. The van der Waals surface area contributed by atoms with Crippen molar-refractivity contribution in [3.63, 3.8) is 0 Å². The standard InChI is InChI=1S/C19H22FNO4/c1-19(2,3)25-18(23)21-9-5-4-6-14(21)17(22)16-11-12-10-13(20)7-8-15(12)24-16/h7-8,10-11,14H,4-6,9H2,1-3H3. The summed E-state index contributed by atoms with van der Waals surface area (Å²) in [6.07, 6.45) is 1.75. The molecule has 1 aliphatic rings. The van der Waals surface area contributed by atoms with Gasteiger partial charge < -0.3 is 9.15 Å². The zero-order chi connectivity index (χ0) is 18.2. The molecular formula is C19H22FNO4. The molecule has 2 heterocycles. The number of likely N-dealkylation sites (tertiary alicyclic amines) is 1. The molecule has 0 radical (unpaired) electrons. The third kappa shape index (κ3) is 3.83. The van der Waals surface area contributed by atoms with E-state index in [1.54, 1.807) is 20.8 Å². The number of nitrogens with zero attached hydrogens (tertiary/aromatic N) is 1. The number of piperidine rings is 1. The van der Waals surface area contributed by atoms with E-state index >= 15 is 0 Å². The molecule has 0 aliphatic carbocycles. The van der Waals surface area contributed by atoms with Crippen LogP contribution in [0.2, 0.25) is 0 Å². The summed E-state index contributed by atoms with van der Waals surface area (Å²) in [5.74, 6) is -0.524. The van der Waals surface area contributed by atoms with E-state index in [-0.39, 0.29) is 17.4 Å². The second-order valence-corrected chi connectivity index (χ2v) is 7.34. The second-order valence-electron chi connectivity index (χ2n) is 7.34. The van der Waals surface area contributed by atoms with Crippen LogP contribution in [0.25, 0.3) is 11.0 Å². The van der Waals surface area contributed by atoms with Crippen LogP contribution in [0.15, 0.2) is 28.7 Å². The number of hydrogen-bond acceptors (Lipinski definition) is 4.